The Kier molecular flexibility index (Phi) is 5.74. The molecule has 3 amide bonds. The van der Waals surface area contributed by atoms with Crippen molar-refractivity contribution in [3.8, 4) is 5.75 Å². The lowest BCUT2D eigenvalue weighted by molar-refractivity contribution is -0.136. The van der Waals surface area contributed by atoms with Crippen LogP contribution in [0, 0.1) is 0 Å². The average Bonchev–Trinajstić information content (AvgIpc) is 3.42. The van der Waals surface area contributed by atoms with Crippen LogP contribution in [-0.4, -0.2) is 64.3 Å². The Balaban J connectivity index is 1.07. The summed E-state index contributed by atoms with van der Waals surface area (Å²) in [4.78, 5) is 45.2. The molecule has 1 aromatic heterocycles. The van der Waals surface area contributed by atoms with Crippen LogP contribution in [0.4, 0.5) is 0 Å². The van der Waals surface area contributed by atoms with E-state index in [1.165, 1.54) is 11.1 Å². The maximum Gasteiger partial charge on any atom is 0.255 e. The van der Waals surface area contributed by atoms with Crippen LogP contribution in [0.3, 0.4) is 0 Å². The molecule has 35 heavy (non-hydrogen) atoms. The second-order valence-corrected chi connectivity index (χ2v) is 9.73. The number of imide groups is 1. The van der Waals surface area contributed by atoms with Crippen LogP contribution in [0.25, 0.3) is 0 Å². The Hall–Kier alpha value is -3.30. The summed E-state index contributed by atoms with van der Waals surface area (Å²) in [5.74, 6) is -0.113. The number of nitrogens with zero attached hydrogens (tertiary/aromatic N) is 3. The monoisotopic (exact) mass is 476 g/mol. The molecule has 1 unspecified atom stereocenters. The van der Waals surface area contributed by atoms with Crippen molar-refractivity contribution in [3.63, 3.8) is 0 Å². The predicted octanol–water partition coefficient (Wildman–Crippen LogP) is 1.57. The zero-order chi connectivity index (χ0) is 23.9. The first-order valence-electron chi connectivity index (χ1n) is 12.2. The molecule has 2 fully saturated rings. The van der Waals surface area contributed by atoms with E-state index in [1.54, 1.807) is 11.0 Å². The Morgan fingerprint density at radius 1 is 1.11 bits per heavy atom. The summed E-state index contributed by atoms with van der Waals surface area (Å²) < 4.78 is 11.8. The highest BCUT2D eigenvalue weighted by molar-refractivity contribution is 6.05. The second kappa shape index (κ2) is 9.05. The van der Waals surface area contributed by atoms with Crippen molar-refractivity contribution >= 4 is 17.7 Å². The van der Waals surface area contributed by atoms with Crippen molar-refractivity contribution in [1.82, 2.24) is 20.1 Å². The summed E-state index contributed by atoms with van der Waals surface area (Å²) in [7, 11) is 0. The van der Waals surface area contributed by atoms with Crippen molar-refractivity contribution in [2.24, 2.45) is 0 Å². The van der Waals surface area contributed by atoms with Gasteiger partial charge in [-0.15, -0.1) is 0 Å². The molecule has 182 valence electrons. The van der Waals surface area contributed by atoms with E-state index in [-0.39, 0.29) is 24.3 Å². The fourth-order valence-corrected chi connectivity index (χ4v) is 5.49. The molecular formula is C26H28N4O5. The number of aromatic nitrogens is 1. The SMILES string of the molecule is O=C1CCC(N2Cc3cc(O[C@H]4CCN(Cc5cnc6c(c5)COCC6)C4)ccc3C2=O)C(=O)N1. The molecule has 6 rings (SSSR count). The molecule has 0 bridgehead atoms. The van der Waals surface area contributed by atoms with Gasteiger partial charge in [0.2, 0.25) is 11.8 Å². The van der Waals surface area contributed by atoms with E-state index in [0.717, 1.165) is 56.1 Å². The van der Waals surface area contributed by atoms with Gasteiger partial charge in [-0.3, -0.25) is 29.6 Å². The summed E-state index contributed by atoms with van der Waals surface area (Å²) in [5.41, 5.74) is 4.99. The molecule has 1 aromatic carbocycles. The molecule has 1 N–H and O–H groups in total. The lowest BCUT2D eigenvalue weighted by Gasteiger charge is -2.29. The van der Waals surface area contributed by atoms with Crippen molar-refractivity contribution in [1.29, 1.82) is 0 Å². The third-order valence-electron chi connectivity index (χ3n) is 7.29. The number of carbonyl (C=O) groups excluding carboxylic acids is 3. The molecule has 0 radical (unpaired) electrons. The molecular weight excluding hydrogens is 448 g/mol. The van der Waals surface area contributed by atoms with Crippen molar-refractivity contribution in [2.75, 3.05) is 19.7 Å². The number of hydrogen-bond donors (Lipinski definition) is 1. The highest BCUT2D eigenvalue weighted by atomic mass is 16.5. The summed E-state index contributed by atoms with van der Waals surface area (Å²) in [5, 5.41) is 2.34. The van der Waals surface area contributed by atoms with Gasteiger partial charge in [0.15, 0.2) is 0 Å². The smallest absolute Gasteiger partial charge is 0.255 e. The fraction of sp³-hybridized carbons (Fsp3) is 0.462. The number of benzene rings is 1. The van der Waals surface area contributed by atoms with Gasteiger partial charge in [-0.05, 0) is 53.8 Å². The summed E-state index contributed by atoms with van der Waals surface area (Å²) in [6.07, 6.45) is 4.47. The van der Waals surface area contributed by atoms with Gasteiger partial charge >= 0.3 is 0 Å². The Bertz CT molecular complexity index is 1200. The Morgan fingerprint density at radius 3 is 2.91 bits per heavy atom. The first kappa shape index (κ1) is 22.2. The van der Waals surface area contributed by atoms with Gasteiger partial charge in [-0.1, -0.05) is 0 Å². The van der Waals surface area contributed by atoms with Crippen molar-refractivity contribution in [2.45, 2.75) is 57.5 Å². The first-order valence-corrected chi connectivity index (χ1v) is 12.2. The van der Waals surface area contributed by atoms with Crippen LogP contribution >= 0.6 is 0 Å². The van der Waals surface area contributed by atoms with Gasteiger partial charge in [0.05, 0.1) is 13.2 Å². The number of ether oxygens (including phenoxy) is 2. The molecule has 2 atom stereocenters. The maximum absolute atomic E-state index is 12.9. The van der Waals surface area contributed by atoms with E-state index in [4.69, 9.17) is 9.47 Å². The van der Waals surface area contributed by atoms with E-state index in [9.17, 15) is 14.4 Å². The highest BCUT2D eigenvalue weighted by Crippen LogP contribution is 2.31. The second-order valence-electron chi connectivity index (χ2n) is 9.73. The maximum atomic E-state index is 12.9. The lowest BCUT2D eigenvalue weighted by atomic mass is 10.0. The van der Waals surface area contributed by atoms with Gasteiger partial charge in [0.1, 0.15) is 17.9 Å². The van der Waals surface area contributed by atoms with Gasteiger partial charge < -0.3 is 14.4 Å². The molecule has 4 aliphatic rings. The van der Waals surface area contributed by atoms with Crippen LogP contribution in [-0.2, 0) is 40.4 Å². The Morgan fingerprint density at radius 2 is 2.03 bits per heavy atom. The number of amides is 3. The van der Waals surface area contributed by atoms with Crippen molar-refractivity contribution < 1.29 is 23.9 Å². The number of nitrogens with one attached hydrogen (secondary N) is 1. The highest BCUT2D eigenvalue weighted by Gasteiger charge is 2.39. The van der Waals surface area contributed by atoms with Gasteiger partial charge in [0.25, 0.3) is 5.91 Å². The lowest BCUT2D eigenvalue weighted by Crippen LogP contribution is -2.52. The summed E-state index contributed by atoms with van der Waals surface area (Å²) in [6.45, 7) is 4.35. The van der Waals surface area contributed by atoms with E-state index in [1.807, 2.05) is 18.3 Å². The normalized spacial score (nSPS) is 24.3. The molecule has 0 aliphatic carbocycles. The molecule has 0 saturated carbocycles. The predicted molar refractivity (Wildman–Crippen MR) is 124 cm³/mol. The average molecular weight is 477 g/mol. The zero-order valence-electron chi connectivity index (χ0n) is 19.5. The molecule has 9 nitrogen and oxygen atoms in total. The molecule has 2 aromatic rings. The standard InChI is InChI=1S/C26H28N4O5/c31-24-4-3-23(25(32)28-24)30-13-17-10-19(1-2-21(17)26(30)33)35-20-5-7-29(14-20)12-16-9-18-15-34-8-6-22(18)27-11-16/h1-2,9-11,20,23H,3-8,12-15H2,(H,28,31,32)/t20-,23?/m0/s1. The number of hydrogen-bond acceptors (Lipinski definition) is 7. The summed E-state index contributed by atoms with van der Waals surface area (Å²) >= 11 is 0. The Labute approximate surface area is 203 Å². The minimum atomic E-state index is -0.606. The van der Waals surface area contributed by atoms with Crippen LogP contribution in [0.2, 0.25) is 0 Å². The number of piperidine rings is 1. The van der Waals surface area contributed by atoms with E-state index < -0.39 is 11.9 Å². The first-order chi connectivity index (χ1) is 17.0. The van der Waals surface area contributed by atoms with E-state index in [0.29, 0.717) is 25.1 Å². The summed E-state index contributed by atoms with van der Waals surface area (Å²) in [6, 6.07) is 7.13. The quantitative estimate of drug-likeness (QED) is 0.654. The number of carbonyl (C=O) groups is 3. The number of likely N-dealkylation sites (tertiary alicyclic amines) is 1. The molecule has 0 spiro atoms. The fourth-order valence-electron chi connectivity index (χ4n) is 5.49. The van der Waals surface area contributed by atoms with Crippen LogP contribution < -0.4 is 10.1 Å². The largest absolute Gasteiger partial charge is 0.489 e. The van der Waals surface area contributed by atoms with Crippen LogP contribution in [0.15, 0.2) is 30.5 Å². The van der Waals surface area contributed by atoms with Crippen LogP contribution in [0.5, 0.6) is 5.75 Å². The third kappa shape index (κ3) is 4.41. The molecule has 9 heteroatoms. The molecule has 2 saturated heterocycles. The van der Waals surface area contributed by atoms with Crippen LogP contribution in [0.1, 0.15) is 52.0 Å². The third-order valence-corrected chi connectivity index (χ3v) is 7.29. The number of fused-ring (bicyclic) bond motifs is 2. The minimum Gasteiger partial charge on any atom is -0.489 e. The number of pyridine rings is 1. The minimum absolute atomic E-state index is 0.0744. The van der Waals surface area contributed by atoms with Gasteiger partial charge in [-0.2, -0.15) is 0 Å². The van der Waals surface area contributed by atoms with Crippen molar-refractivity contribution in [3.05, 3.63) is 58.4 Å². The van der Waals surface area contributed by atoms with Gasteiger partial charge in [0, 0.05) is 56.5 Å². The zero-order valence-corrected chi connectivity index (χ0v) is 19.5. The van der Waals surface area contributed by atoms with E-state index >= 15 is 0 Å². The number of rotatable bonds is 5. The molecule has 5 heterocycles. The topological polar surface area (TPSA) is 101 Å². The molecule has 4 aliphatic heterocycles. The van der Waals surface area contributed by atoms with E-state index in [2.05, 4.69) is 21.3 Å². The van der Waals surface area contributed by atoms with Gasteiger partial charge in [-0.25, -0.2) is 0 Å².